The fourth-order valence-corrected chi connectivity index (χ4v) is 5.12. The fourth-order valence-electron chi connectivity index (χ4n) is 3.33. The summed E-state index contributed by atoms with van der Waals surface area (Å²) < 4.78 is 11.7. The number of hydrogen-bond acceptors (Lipinski definition) is 4. The number of amides is 2. The lowest BCUT2D eigenvalue weighted by molar-refractivity contribution is 0.188. The SMILES string of the molecule is Cc1nc([C@@H]2CCCN2C(=O)NCC2([S@@](C)=O)CCC2)cs1. The van der Waals surface area contributed by atoms with E-state index < -0.39 is 10.8 Å². The predicted octanol–water partition coefficient (Wildman–Crippen LogP) is 2.60. The first-order valence-corrected chi connectivity index (χ1v) is 10.3. The lowest BCUT2D eigenvalue weighted by atomic mass is 9.84. The average molecular weight is 342 g/mol. The summed E-state index contributed by atoms with van der Waals surface area (Å²) in [4.78, 5) is 19.0. The first-order chi connectivity index (χ1) is 10.5. The number of thiazole rings is 1. The smallest absolute Gasteiger partial charge is 0.318 e. The molecule has 5 nitrogen and oxygen atoms in total. The maximum atomic E-state index is 12.5. The van der Waals surface area contributed by atoms with Gasteiger partial charge in [-0.25, -0.2) is 9.78 Å². The van der Waals surface area contributed by atoms with Crippen molar-refractivity contribution < 1.29 is 9.00 Å². The second-order valence-electron chi connectivity index (χ2n) is 6.29. The van der Waals surface area contributed by atoms with Crippen LogP contribution in [-0.2, 0) is 10.8 Å². The Morgan fingerprint density at radius 3 is 2.86 bits per heavy atom. The second-order valence-corrected chi connectivity index (χ2v) is 9.13. The van der Waals surface area contributed by atoms with Crippen LogP contribution in [0.4, 0.5) is 4.79 Å². The van der Waals surface area contributed by atoms with Crippen LogP contribution in [0.5, 0.6) is 0 Å². The van der Waals surface area contributed by atoms with Crippen LogP contribution in [0.1, 0.15) is 48.8 Å². The quantitative estimate of drug-likeness (QED) is 0.915. The van der Waals surface area contributed by atoms with Gasteiger partial charge in [-0.15, -0.1) is 11.3 Å². The Hall–Kier alpha value is -0.950. The lowest BCUT2D eigenvalue weighted by Gasteiger charge is -2.40. The summed E-state index contributed by atoms with van der Waals surface area (Å²) in [5.74, 6) is 0. The van der Waals surface area contributed by atoms with Gasteiger partial charge in [0.1, 0.15) is 0 Å². The maximum absolute atomic E-state index is 12.5. The highest BCUT2D eigenvalue weighted by Gasteiger charge is 2.42. The number of rotatable bonds is 4. The number of hydrogen-bond donors (Lipinski definition) is 1. The minimum Gasteiger partial charge on any atom is -0.336 e. The van der Waals surface area contributed by atoms with Crippen molar-refractivity contribution in [3.05, 3.63) is 16.1 Å². The van der Waals surface area contributed by atoms with Gasteiger partial charge < -0.3 is 10.2 Å². The van der Waals surface area contributed by atoms with E-state index in [1.54, 1.807) is 17.6 Å². The van der Waals surface area contributed by atoms with Crippen LogP contribution in [0.25, 0.3) is 0 Å². The van der Waals surface area contributed by atoms with Gasteiger partial charge >= 0.3 is 6.03 Å². The van der Waals surface area contributed by atoms with Crippen molar-refractivity contribution in [2.75, 3.05) is 19.3 Å². The van der Waals surface area contributed by atoms with Gasteiger partial charge in [-0.05, 0) is 32.6 Å². The minimum absolute atomic E-state index is 0.0371. The highest BCUT2D eigenvalue weighted by Crippen LogP contribution is 2.37. The van der Waals surface area contributed by atoms with Crippen LogP contribution in [0.2, 0.25) is 0 Å². The number of nitrogens with zero attached hydrogens (tertiary/aromatic N) is 2. The van der Waals surface area contributed by atoms with E-state index in [0.717, 1.165) is 49.4 Å². The Morgan fingerprint density at radius 1 is 1.55 bits per heavy atom. The van der Waals surface area contributed by atoms with Crippen molar-refractivity contribution in [3.8, 4) is 0 Å². The van der Waals surface area contributed by atoms with Crippen LogP contribution in [0, 0.1) is 6.92 Å². The molecule has 2 amide bonds. The van der Waals surface area contributed by atoms with Gasteiger partial charge in [-0.1, -0.05) is 6.42 Å². The average Bonchev–Trinajstić information content (AvgIpc) is 3.04. The molecule has 2 atom stereocenters. The van der Waals surface area contributed by atoms with Crippen molar-refractivity contribution in [1.29, 1.82) is 0 Å². The normalized spacial score (nSPS) is 24.8. The van der Waals surface area contributed by atoms with Crippen LogP contribution in [-0.4, -0.2) is 44.2 Å². The summed E-state index contributed by atoms with van der Waals surface area (Å²) in [6, 6.07) is 0.0549. The molecule has 1 saturated carbocycles. The summed E-state index contributed by atoms with van der Waals surface area (Å²) in [6.07, 6.45) is 6.75. The summed E-state index contributed by atoms with van der Waals surface area (Å²) in [7, 11) is -0.885. The van der Waals surface area contributed by atoms with Crippen LogP contribution in [0.3, 0.4) is 0 Å². The van der Waals surface area contributed by atoms with Crippen molar-refractivity contribution >= 4 is 28.2 Å². The highest BCUT2D eigenvalue weighted by molar-refractivity contribution is 7.85. The van der Waals surface area contributed by atoms with E-state index in [-0.39, 0.29) is 16.8 Å². The third-order valence-electron chi connectivity index (χ3n) is 4.93. The molecule has 1 aromatic heterocycles. The monoisotopic (exact) mass is 341 g/mol. The zero-order chi connectivity index (χ0) is 15.7. The number of likely N-dealkylation sites (tertiary alicyclic amines) is 1. The number of aryl methyl sites for hydroxylation is 1. The fraction of sp³-hybridized carbons (Fsp3) is 0.733. The third kappa shape index (κ3) is 2.93. The molecular weight excluding hydrogens is 318 g/mol. The number of nitrogens with one attached hydrogen (secondary N) is 1. The lowest BCUT2D eigenvalue weighted by Crippen LogP contribution is -2.53. The Labute approximate surface area is 138 Å². The number of urea groups is 1. The van der Waals surface area contributed by atoms with E-state index in [2.05, 4.69) is 15.7 Å². The summed E-state index contributed by atoms with van der Waals surface area (Å²) in [5.41, 5.74) is 1.01. The topological polar surface area (TPSA) is 62.3 Å². The molecule has 122 valence electrons. The first kappa shape index (κ1) is 15.9. The molecule has 0 unspecified atom stereocenters. The molecule has 2 heterocycles. The Balaban J connectivity index is 1.63. The number of carbonyl (C=O) groups excluding carboxylic acids is 1. The van der Waals surface area contributed by atoms with Crippen molar-refractivity contribution in [2.24, 2.45) is 0 Å². The van der Waals surface area contributed by atoms with Crippen molar-refractivity contribution in [3.63, 3.8) is 0 Å². The Morgan fingerprint density at radius 2 is 2.32 bits per heavy atom. The zero-order valence-electron chi connectivity index (χ0n) is 13.1. The van der Waals surface area contributed by atoms with Gasteiger partial charge in [0, 0.05) is 35.5 Å². The first-order valence-electron chi connectivity index (χ1n) is 7.82. The largest absolute Gasteiger partial charge is 0.336 e. The summed E-state index contributed by atoms with van der Waals surface area (Å²) in [5, 5.41) is 6.12. The molecule has 1 saturated heterocycles. The second kappa shape index (κ2) is 6.28. The Kier molecular flexibility index (Phi) is 4.54. The van der Waals surface area contributed by atoms with E-state index in [0.29, 0.717) is 6.54 Å². The molecule has 0 spiro atoms. The van der Waals surface area contributed by atoms with E-state index in [4.69, 9.17) is 0 Å². The molecule has 7 heteroatoms. The van der Waals surface area contributed by atoms with Crippen molar-refractivity contribution in [1.82, 2.24) is 15.2 Å². The summed E-state index contributed by atoms with van der Waals surface area (Å²) in [6.45, 7) is 3.29. The van der Waals surface area contributed by atoms with Crippen molar-refractivity contribution in [2.45, 2.75) is 49.8 Å². The number of carbonyl (C=O) groups is 1. The molecule has 1 aliphatic carbocycles. The maximum Gasteiger partial charge on any atom is 0.318 e. The third-order valence-corrected chi connectivity index (χ3v) is 7.49. The summed E-state index contributed by atoms with van der Waals surface area (Å²) >= 11 is 1.63. The highest BCUT2D eigenvalue weighted by atomic mass is 32.2. The molecule has 0 bridgehead atoms. The molecule has 0 aromatic carbocycles. The van der Waals surface area contributed by atoms with Gasteiger partial charge in [-0.3, -0.25) is 4.21 Å². The zero-order valence-corrected chi connectivity index (χ0v) is 14.8. The van der Waals surface area contributed by atoms with E-state index >= 15 is 0 Å². The van der Waals surface area contributed by atoms with Gasteiger partial charge in [-0.2, -0.15) is 0 Å². The van der Waals surface area contributed by atoms with Gasteiger partial charge in [0.2, 0.25) is 0 Å². The van der Waals surface area contributed by atoms with E-state index in [9.17, 15) is 9.00 Å². The molecule has 2 aliphatic rings. The van der Waals surface area contributed by atoms with E-state index in [1.165, 1.54) is 0 Å². The molecular formula is C15H23N3O2S2. The molecule has 1 aromatic rings. The van der Waals surface area contributed by atoms with Gasteiger partial charge in [0.25, 0.3) is 0 Å². The van der Waals surface area contributed by atoms with Gasteiger partial charge in [0.15, 0.2) is 0 Å². The van der Waals surface area contributed by atoms with E-state index in [1.807, 2.05) is 11.8 Å². The van der Waals surface area contributed by atoms with Gasteiger partial charge in [0.05, 0.1) is 21.5 Å². The predicted molar refractivity (Wildman–Crippen MR) is 89.6 cm³/mol. The molecule has 2 fully saturated rings. The molecule has 1 N–H and O–H groups in total. The molecule has 22 heavy (non-hydrogen) atoms. The molecule has 0 radical (unpaired) electrons. The van der Waals surface area contributed by atoms with Crippen LogP contribution >= 0.6 is 11.3 Å². The van der Waals surface area contributed by atoms with Crippen LogP contribution < -0.4 is 5.32 Å². The number of aromatic nitrogens is 1. The molecule has 3 rings (SSSR count). The Bertz CT molecular complexity index is 583. The van der Waals surface area contributed by atoms with Crippen LogP contribution in [0.15, 0.2) is 5.38 Å². The minimum atomic E-state index is -0.885. The standard InChI is InChI=1S/C15H23N3O2S2/c1-11-17-12(9-21-11)13-5-3-8-18(13)14(19)16-10-15(22(2)20)6-4-7-15/h9,13H,3-8,10H2,1-2H3,(H,16,19)/t13-,22+/m0/s1. The molecule has 1 aliphatic heterocycles.